The Kier molecular flexibility index (Phi) is 5.40. The van der Waals surface area contributed by atoms with Crippen LogP contribution < -0.4 is 5.32 Å². The van der Waals surface area contributed by atoms with Gasteiger partial charge in [-0.3, -0.25) is 4.79 Å². The number of nitrogens with zero attached hydrogens (tertiary/aromatic N) is 3. The molecule has 0 aliphatic heterocycles. The first-order chi connectivity index (χ1) is 8.90. The second-order valence-corrected chi connectivity index (χ2v) is 4.96. The van der Waals surface area contributed by atoms with Crippen LogP contribution in [-0.2, 0) is 17.9 Å². The van der Waals surface area contributed by atoms with Crippen molar-refractivity contribution in [3.8, 4) is 0 Å². The van der Waals surface area contributed by atoms with E-state index in [0.717, 1.165) is 0 Å². The SMILES string of the molecule is CC(C)(CO)[C@@H](O)C(=O)NCc1cn(CCO)nn1. The Balaban J connectivity index is 2.49. The van der Waals surface area contributed by atoms with Gasteiger partial charge in [0.05, 0.1) is 32.5 Å². The van der Waals surface area contributed by atoms with Crippen molar-refractivity contribution >= 4 is 5.91 Å². The lowest BCUT2D eigenvalue weighted by atomic mass is 9.87. The number of aliphatic hydroxyl groups is 3. The summed E-state index contributed by atoms with van der Waals surface area (Å²) in [5.74, 6) is -0.573. The molecule has 0 aliphatic carbocycles. The third kappa shape index (κ3) is 4.27. The minimum atomic E-state index is -1.30. The van der Waals surface area contributed by atoms with Gasteiger partial charge in [0.25, 0.3) is 0 Å². The topological polar surface area (TPSA) is 121 Å². The molecule has 0 saturated heterocycles. The highest BCUT2D eigenvalue weighted by Gasteiger charge is 2.32. The van der Waals surface area contributed by atoms with Crippen molar-refractivity contribution in [2.24, 2.45) is 5.41 Å². The molecule has 1 aromatic rings. The summed E-state index contributed by atoms with van der Waals surface area (Å²) in [4.78, 5) is 11.7. The number of aromatic nitrogens is 3. The first-order valence-electron chi connectivity index (χ1n) is 5.97. The minimum Gasteiger partial charge on any atom is -0.396 e. The fourth-order valence-electron chi connectivity index (χ4n) is 1.35. The quantitative estimate of drug-likeness (QED) is 0.468. The zero-order chi connectivity index (χ0) is 14.5. The van der Waals surface area contributed by atoms with Crippen molar-refractivity contribution in [3.05, 3.63) is 11.9 Å². The van der Waals surface area contributed by atoms with Gasteiger partial charge in [0.15, 0.2) is 0 Å². The number of rotatable bonds is 7. The van der Waals surface area contributed by atoms with Crippen LogP contribution in [0.4, 0.5) is 0 Å². The molecule has 0 saturated carbocycles. The molecule has 8 nitrogen and oxygen atoms in total. The summed E-state index contributed by atoms with van der Waals surface area (Å²) in [6.45, 7) is 3.31. The van der Waals surface area contributed by atoms with Crippen LogP contribution in [0.1, 0.15) is 19.5 Å². The normalized spacial score (nSPS) is 13.3. The highest BCUT2D eigenvalue weighted by molar-refractivity contribution is 5.81. The molecule has 8 heteroatoms. The Bertz CT molecular complexity index is 419. The van der Waals surface area contributed by atoms with Crippen LogP contribution in [0, 0.1) is 5.41 Å². The van der Waals surface area contributed by atoms with Gasteiger partial charge in [0.2, 0.25) is 5.91 Å². The van der Waals surface area contributed by atoms with Crippen LogP contribution >= 0.6 is 0 Å². The summed E-state index contributed by atoms with van der Waals surface area (Å²) in [6.07, 6.45) is 0.296. The third-order valence-electron chi connectivity index (χ3n) is 2.76. The van der Waals surface area contributed by atoms with E-state index in [2.05, 4.69) is 15.6 Å². The zero-order valence-corrected chi connectivity index (χ0v) is 11.1. The number of carbonyl (C=O) groups excluding carboxylic acids is 1. The van der Waals surface area contributed by atoms with Gasteiger partial charge in [-0.25, -0.2) is 4.68 Å². The van der Waals surface area contributed by atoms with Crippen LogP contribution in [0.5, 0.6) is 0 Å². The average molecular weight is 272 g/mol. The molecule has 0 spiro atoms. The summed E-state index contributed by atoms with van der Waals surface area (Å²) >= 11 is 0. The molecule has 0 aliphatic rings. The molecule has 4 N–H and O–H groups in total. The fraction of sp³-hybridized carbons (Fsp3) is 0.727. The van der Waals surface area contributed by atoms with Gasteiger partial charge in [-0.2, -0.15) is 0 Å². The minimum absolute atomic E-state index is 0.0431. The summed E-state index contributed by atoms with van der Waals surface area (Å²) in [6, 6.07) is 0. The number of carbonyl (C=O) groups is 1. The van der Waals surface area contributed by atoms with Crippen LogP contribution in [0.25, 0.3) is 0 Å². The number of hydrogen-bond donors (Lipinski definition) is 4. The van der Waals surface area contributed by atoms with E-state index in [0.29, 0.717) is 12.2 Å². The number of hydrogen-bond acceptors (Lipinski definition) is 6. The molecule has 0 bridgehead atoms. The van der Waals surface area contributed by atoms with E-state index >= 15 is 0 Å². The molecule has 0 aromatic carbocycles. The standard InChI is InChI=1S/C11H20N4O4/c1-11(2,7-17)9(18)10(19)12-5-8-6-15(3-4-16)14-13-8/h6,9,16-18H,3-5,7H2,1-2H3,(H,12,19)/t9-/m0/s1. The lowest BCUT2D eigenvalue weighted by molar-refractivity contribution is -0.137. The highest BCUT2D eigenvalue weighted by atomic mass is 16.3. The van der Waals surface area contributed by atoms with Crippen molar-refractivity contribution in [3.63, 3.8) is 0 Å². The largest absolute Gasteiger partial charge is 0.396 e. The average Bonchev–Trinajstić information content (AvgIpc) is 2.83. The predicted molar refractivity (Wildman–Crippen MR) is 65.8 cm³/mol. The molecular weight excluding hydrogens is 252 g/mol. The first-order valence-corrected chi connectivity index (χ1v) is 5.97. The van der Waals surface area contributed by atoms with Crippen molar-refractivity contribution in [1.29, 1.82) is 0 Å². The monoisotopic (exact) mass is 272 g/mol. The first kappa shape index (κ1) is 15.5. The molecule has 0 radical (unpaired) electrons. The summed E-state index contributed by atoms with van der Waals surface area (Å²) < 4.78 is 1.45. The van der Waals surface area contributed by atoms with Crippen LogP contribution in [-0.4, -0.2) is 55.5 Å². The smallest absolute Gasteiger partial charge is 0.249 e. The zero-order valence-electron chi connectivity index (χ0n) is 11.1. The maximum Gasteiger partial charge on any atom is 0.249 e. The lowest BCUT2D eigenvalue weighted by Gasteiger charge is -2.26. The lowest BCUT2D eigenvalue weighted by Crippen LogP contribution is -2.45. The van der Waals surface area contributed by atoms with Crippen molar-refractivity contribution in [1.82, 2.24) is 20.3 Å². The van der Waals surface area contributed by atoms with E-state index in [1.54, 1.807) is 20.0 Å². The molecule has 1 amide bonds. The molecule has 1 atom stereocenters. The molecule has 1 aromatic heterocycles. The van der Waals surface area contributed by atoms with Gasteiger partial charge in [0.1, 0.15) is 11.8 Å². The Morgan fingerprint density at radius 2 is 2.21 bits per heavy atom. The van der Waals surface area contributed by atoms with Crippen LogP contribution in [0.3, 0.4) is 0 Å². The molecule has 0 unspecified atom stereocenters. The summed E-state index contributed by atoms with van der Waals surface area (Å²) in [7, 11) is 0. The molecule has 108 valence electrons. The van der Waals surface area contributed by atoms with Gasteiger partial charge < -0.3 is 20.6 Å². The van der Waals surface area contributed by atoms with E-state index in [9.17, 15) is 9.90 Å². The fourth-order valence-corrected chi connectivity index (χ4v) is 1.35. The molecular formula is C11H20N4O4. The van der Waals surface area contributed by atoms with Gasteiger partial charge >= 0.3 is 0 Å². The number of nitrogens with one attached hydrogen (secondary N) is 1. The molecule has 19 heavy (non-hydrogen) atoms. The van der Waals surface area contributed by atoms with Crippen LogP contribution in [0.15, 0.2) is 6.20 Å². The van der Waals surface area contributed by atoms with E-state index in [1.807, 2.05) is 0 Å². The van der Waals surface area contributed by atoms with Gasteiger partial charge in [-0.15, -0.1) is 5.10 Å². The van der Waals surface area contributed by atoms with Gasteiger partial charge in [-0.1, -0.05) is 19.1 Å². The van der Waals surface area contributed by atoms with E-state index in [4.69, 9.17) is 10.2 Å². The Morgan fingerprint density at radius 1 is 1.53 bits per heavy atom. The third-order valence-corrected chi connectivity index (χ3v) is 2.76. The van der Waals surface area contributed by atoms with E-state index in [-0.39, 0.29) is 19.8 Å². The molecule has 1 rings (SSSR count). The van der Waals surface area contributed by atoms with Gasteiger partial charge in [0, 0.05) is 5.41 Å². The maximum atomic E-state index is 11.7. The van der Waals surface area contributed by atoms with Crippen molar-refractivity contribution in [2.45, 2.75) is 33.0 Å². The second-order valence-electron chi connectivity index (χ2n) is 4.96. The Hall–Kier alpha value is -1.51. The number of aliphatic hydroxyl groups excluding tert-OH is 3. The number of amides is 1. The second kappa shape index (κ2) is 6.60. The summed E-state index contributed by atoms with van der Waals surface area (Å²) in [5, 5.41) is 37.6. The van der Waals surface area contributed by atoms with Crippen molar-refractivity contribution in [2.75, 3.05) is 13.2 Å². The molecule has 1 heterocycles. The van der Waals surface area contributed by atoms with E-state index in [1.165, 1.54) is 4.68 Å². The predicted octanol–water partition coefficient (Wildman–Crippen LogP) is -1.73. The Labute approximate surface area is 111 Å². The Morgan fingerprint density at radius 3 is 2.79 bits per heavy atom. The van der Waals surface area contributed by atoms with Crippen molar-refractivity contribution < 1.29 is 20.1 Å². The molecule has 0 fully saturated rings. The maximum absolute atomic E-state index is 11.7. The van der Waals surface area contributed by atoms with Crippen LogP contribution in [0.2, 0.25) is 0 Å². The van der Waals surface area contributed by atoms with E-state index < -0.39 is 17.4 Å². The summed E-state index contributed by atoms with van der Waals surface area (Å²) in [5.41, 5.74) is -0.380. The van der Waals surface area contributed by atoms with Gasteiger partial charge in [-0.05, 0) is 0 Å². The highest BCUT2D eigenvalue weighted by Crippen LogP contribution is 2.19.